The van der Waals surface area contributed by atoms with E-state index in [1.165, 1.54) is 0 Å². The van der Waals surface area contributed by atoms with Crippen LogP contribution < -0.4 is 4.72 Å². The third-order valence-electron chi connectivity index (χ3n) is 2.54. The van der Waals surface area contributed by atoms with E-state index in [9.17, 15) is 13.2 Å². The molecule has 0 aliphatic heterocycles. The minimum Gasteiger partial charge on any atom is -0.481 e. The summed E-state index contributed by atoms with van der Waals surface area (Å²) in [6.07, 6.45) is 1.12. The molecular formula is C8H15NO4S. The monoisotopic (exact) mass is 221 g/mol. The standard InChI is InChI=1S/C8H15NO4S/c1-6(2)14(12,13)9-5-8(3-4-8)7(10)11/h6,9H,3-5H2,1-2H3,(H,10,11). The van der Waals surface area contributed by atoms with E-state index in [1.807, 2.05) is 0 Å². The summed E-state index contributed by atoms with van der Waals surface area (Å²) in [6, 6.07) is 0. The van der Waals surface area contributed by atoms with E-state index in [-0.39, 0.29) is 6.54 Å². The fourth-order valence-electron chi connectivity index (χ4n) is 1.02. The van der Waals surface area contributed by atoms with Gasteiger partial charge in [0.05, 0.1) is 10.7 Å². The molecule has 0 saturated heterocycles. The molecule has 0 radical (unpaired) electrons. The fraction of sp³-hybridized carbons (Fsp3) is 0.875. The quantitative estimate of drug-likeness (QED) is 0.693. The maximum Gasteiger partial charge on any atom is 0.310 e. The van der Waals surface area contributed by atoms with E-state index in [4.69, 9.17) is 5.11 Å². The summed E-state index contributed by atoms with van der Waals surface area (Å²) in [7, 11) is -3.34. The molecule has 1 aliphatic carbocycles. The zero-order valence-corrected chi connectivity index (χ0v) is 9.10. The molecule has 2 N–H and O–H groups in total. The van der Waals surface area contributed by atoms with Crippen molar-refractivity contribution in [3.05, 3.63) is 0 Å². The Labute approximate surface area is 83.6 Å². The highest BCUT2D eigenvalue weighted by molar-refractivity contribution is 7.90. The molecule has 14 heavy (non-hydrogen) atoms. The average Bonchev–Trinajstić information content (AvgIpc) is 2.81. The van der Waals surface area contributed by atoms with Gasteiger partial charge < -0.3 is 5.11 Å². The van der Waals surface area contributed by atoms with Gasteiger partial charge in [-0.25, -0.2) is 13.1 Å². The predicted molar refractivity (Wildman–Crippen MR) is 51.4 cm³/mol. The third kappa shape index (κ3) is 2.24. The Balaban J connectivity index is 2.54. The molecule has 0 aromatic carbocycles. The van der Waals surface area contributed by atoms with E-state index in [0.717, 1.165) is 0 Å². The van der Waals surface area contributed by atoms with Gasteiger partial charge in [0.1, 0.15) is 0 Å². The highest BCUT2D eigenvalue weighted by Crippen LogP contribution is 2.45. The number of carbonyl (C=O) groups is 1. The van der Waals surface area contributed by atoms with E-state index in [0.29, 0.717) is 12.8 Å². The van der Waals surface area contributed by atoms with Crippen LogP contribution in [0.4, 0.5) is 0 Å². The Bertz CT molecular complexity index is 329. The molecule has 0 aromatic heterocycles. The van der Waals surface area contributed by atoms with Crippen LogP contribution in [0.15, 0.2) is 0 Å². The van der Waals surface area contributed by atoms with Gasteiger partial charge in [0.15, 0.2) is 0 Å². The van der Waals surface area contributed by atoms with Crippen LogP contribution in [0.1, 0.15) is 26.7 Å². The smallest absolute Gasteiger partial charge is 0.310 e. The van der Waals surface area contributed by atoms with E-state index >= 15 is 0 Å². The molecule has 0 heterocycles. The second kappa shape index (κ2) is 3.51. The van der Waals surface area contributed by atoms with Crippen molar-refractivity contribution < 1.29 is 18.3 Å². The summed E-state index contributed by atoms with van der Waals surface area (Å²) in [6.45, 7) is 3.13. The molecule has 0 bridgehead atoms. The molecule has 0 unspecified atom stereocenters. The summed E-state index contributed by atoms with van der Waals surface area (Å²) < 4.78 is 25.0. The van der Waals surface area contributed by atoms with Crippen LogP contribution in [0.2, 0.25) is 0 Å². The second-order valence-corrected chi connectivity index (χ2v) is 6.32. The number of hydrogen-bond donors (Lipinski definition) is 2. The maximum absolute atomic E-state index is 11.3. The Morgan fingerprint density at radius 2 is 2.00 bits per heavy atom. The molecule has 6 heteroatoms. The SMILES string of the molecule is CC(C)S(=O)(=O)NCC1(C(=O)O)CC1. The number of carboxylic acids is 1. The molecule has 1 rings (SSSR count). The van der Waals surface area contributed by atoms with Crippen molar-refractivity contribution in [3.63, 3.8) is 0 Å². The fourth-order valence-corrected chi connectivity index (χ4v) is 1.83. The van der Waals surface area contributed by atoms with Gasteiger partial charge in [0.2, 0.25) is 10.0 Å². The number of hydrogen-bond acceptors (Lipinski definition) is 3. The molecule has 0 spiro atoms. The Morgan fingerprint density at radius 1 is 1.50 bits per heavy atom. The lowest BCUT2D eigenvalue weighted by Crippen LogP contribution is -2.37. The highest BCUT2D eigenvalue weighted by Gasteiger charge is 2.50. The lowest BCUT2D eigenvalue weighted by Gasteiger charge is -2.13. The van der Waals surface area contributed by atoms with Crippen LogP contribution >= 0.6 is 0 Å². The van der Waals surface area contributed by atoms with E-state index in [2.05, 4.69) is 4.72 Å². The first-order valence-electron chi connectivity index (χ1n) is 4.52. The molecule has 1 saturated carbocycles. The van der Waals surface area contributed by atoms with Gasteiger partial charge in [-0.2, -0.15) is 0 Å². The number of nitrogens with one attached hydrogen (secondary N) is 1. The molecule has 82 valence electrons. The van der Waals surface area contributed by atoms with Gasteiger partial charge >= 0.3 is 5.97 Å². The molecule has 0 atom stereocenters. The largest absolute Gasteiger partial charge is 0.481 e. The van der Waals surface area contributed by atoms with E-state index in [1.54, 1.807) is 13.8 Å². The van der Waals surface area contributed by atoms with E-state index < -0.39 is 26.7 Å². The van der Waals surface area contributed by atoms with Crippen molar-refractivity contribution >= 4 is 16.0 Å². The lowest BCUT2D eigenvalue weighted by atomic mass is 10.1. The number of aliphatic carboxylic acids is 1. The lowest BCUT2D eigenvalue weighted by molar-refractivity contribution is -0.143. The molecule has 1 fully saturated rings. The van der Waals surface area contributed by atoms with Gasteiger partial charge in [-0.15, -0.1) is 0 Å². The summed E-state index contributed by atoms with van der Waals surface area (Å²) in [5.41, 5.74) is -0.831. The normalized spacial score (nSPS) is 19.6. The first-order valence-corrected chi connectivity index (χ1v) is 6.07. The Morgan fingerprint density at radius 3 is 2.29 bits per heavy atom. The summed E-state index contributed by atoms with van der Waals surface area (Å²) in [5, 5.41) is 8.28. The molecule has 0 aromatic rings. The topological polar surface area (TPSA) is 83.5 Å². The molecular weight excluding hydrogens is 206 g/mol. The van der Waals surface area contributed by atoms with Crippen LogP contribution in [0.25, 0.3) is 0 Å². The van der Waals surface area contributed by atoms with Crippen LogP contribution in [0, 0.1) is 5.41 Å². The maximum atomic E-state index is 11.3. The number of rotatable bonds is 5. The predicted octanol–water partition coefficient (Wildman–Crippen LogP) is 0.179. The molecule has 0 amide bonds. The van der Waals surface area contributed by atoms with Gasteiger partial charge in [0.25, 0.3) is 0 Å². The summed E-state index contributed by atoms with van der Waals surface area (Å²) in [4.78, 5) is 10.7. The minimum atomic E-state index is -3.34. The van der Waals surface area contributed by atoms with Crippen molar-refractivity contribution in [2.45, 2.75) is 31.9 Å². The van der Waals surface area contributed by atoms with Gasteiger partial charge in [-0.1, -0.05) is 0 Å². The van der Waals surface area contributed by atoms with Gasteiger partial charge in [-0.3, -0.25) is 4.79 Å². The van der Waals surface area contributed by atoms with Crippen molar-refractivity contribution in [1.82, 2.24) is 4.72 Å². The number of carboxylic acid groups (broad SMARTS) is 1. The minimum absolute atomic E-state index is 0.0167. The Hall–Kier alpha value is -0.620. The average molecular weight is 221 g/mol. The van der Waals surface area contributed by atoms with Gasteiger partial charge in [-0.05, 0) is 26.7 Å². The summed E-state index contributed by atoms with van der Waals surface area (Å²) in [5.74, 6) is -0.913. The second-order valence-electron chi connectivity index (χ2n) is 4.00. The number of sulfonamides is 1. The zero-order chi connectivity index (χ0) is 11.0. The third-order valence-corrected chi connectivity index (χ3v) is 4.33. The molecule has 5 nitrogen and oxygen atoms in total. The first-order chi connectivity index (χ1) is 6.30. The highest BCUT2D eigenvalue weighted by atomic mass is 32.2. The van der Waals surface area contributed by atoms with Crippen LogP contribution in [0.5, 0.6) is 0 Å². The Kier molecular flexibility index (Phi) is 2.87. The first kappa shape index (κ1) is 11.5. The van der Waals surface area contributed by atoms with Crippen molar-refractivity contribution in [2.24, 2.45) is 5.41 Å². The summed E-state index contributed by atoms with van der Waals surface area (Å²) >= 11 is 0. The van der Waals surface area contributed by atoms with Gasteiger partial charge in [0, 0.05) is 6.54 Å². The van der Waals surface area contributed by atoms with Crippen molar-refractivity contribution in [2.75, 3.05) is 6.54 Å². The van der Waals surface area contributed by atoms with Crippen molar-refractivity contribution in [3.8, 4) is 0 Å². The van der Waals surface area contributed by atoms with Crippen LogP contribution in [-0.4, -0.2) is 31.3 Å². The van der Waals surface area contributed by atoms with Crippen LogP contribution in [-0.2, 0) is 14.8 Å². The zero-order valence-electron chi connectivity index (χ0n) is 8.28. The van der Waals surface area contributed by atoms with Crippen molar-refractivity contribution in [1.29, 1.82) is 0 Å². The molecule has 1 aliphatic rings. The van der Waals surface area contributed by atoms with Crippen LogP contribution in [0.3, 0.4) is 0 Å².